The zero-order chi connectivity index (χ0) is 34.6. The number of ether oxygens (including phenoxy) is 2. The molecular weight excluding hydrogens is 663 g/mol. The van der Waals surface area contributed by atoms with Crippen molar-refractivity contribution in [3.63, 3.8) is 0 Å². The number of hydrogen-bond acceptors (Lipinski definition) is 5. The molecule has 0 radical (unpaired) electrons. The summed E-state index contributed by atoms with van der Waals surface area (Å²) in [6.45, 7) is 5.19. The van der Waals surface area contributed by atoms with Gasteiger partial charge in [0.15, 0.2) is 0 Å². The van der Waals surface area contributed by atoms with E-state index in [4.69, 9.17) is 37.8 Å². The molecule has 46 heavy (non-hydrogen) atoms. The van der Waals surface area contributed by atoms with Gasteiger partial charge in [0.2, 0.25) is 0 Å². The van der Waals surface area contributed by atoms with Crippen molar-refractivity contribution < 1.29 is 50.8 Å². The fraction of sp³-hybridized carbons (Fsp3) is 0.406. The van der Waals surface area contributed by atoms with E-state index in [0.717, 1.165) is 0 Å². The van der Waals surface area contributed by atoms with E-state index < -0.39 is 47.2 Å². The van der Waals surface area contributed by atoms with Crippen molar-refractivity contribution in [2.24, 2.45) is 0 Å². The predicted octanol–water partition coefficient (Wildman–Crippen LogP) is 9.28. The molecular formula is C32H33Cl2F6NO5. The Hall–Kier alpha value is -3.19. The number of alkyl halides is 6. The number of aliphatic carboxylic acids is 1. The number of carboxylic acid groups (broad SMARTS) is 1. The Kier molecular flexibility index (Phi) is 12.3. The second kappa shape index (κ2) is 15.1. The number of carbonyl (C=O) groups is 1. The topological polar surface area (TPSA) is 79.2 Å². The summed E-state index contributed by atoms with van der Waals surface area (Å²) in [7, 11) is 1.43. The summed E-state index contributed by atoms with van der Waals surface area (Å²) >= 11 is 12.8. The van der Waals surface area contributed by atoms with Crippen molar-refractivity contribution in [2.75, 3.05) is 13.7 Å². The van der Waals surface area contributed by atoms with Crippen LogP contribution in [0.15, 0.2) is 48.5 Å². The molecule has 0 bridgehead atoms. The van der Waals surface area contributed by atoms with Crippen LogP contribution < -0.4 is 9.47 Å². The molecule has 2 atom stereocenters. The van der Waals surface area contributed by atoms with Crippen LogP contribution in [0.1, 0.15) is 62.0 Å². The molecule has 0 fully saturated rings. The zero-order valence-electron chi connectivity index (χ0n) is 25.3. The van der Waals surface area contributed by atoms with Gasteiger partial charge in [0, 0.05) is 41.7 Å². The molecule has 0 aliphatic heterocycles. The van der Waals surface area contributed by atoms with Gasteiger partial charge in [0.05, 0.1) is 36.0 Å². The van der Waals surface area contributed by atoms with Crippen LogP contribution in [0.25, 0.3) is 11.1 Å². The number of hydrogen-bond donors (Lipinski definition) is 2. The first-order valence-corrected chi connectivity index (χ1v) is 14.8. The van der Waals surface area contributed by atoms with Crippen LogP contribution in [-0.4, -0.2) is 46.9 Å². The summed E-state index contributed by atoms with van der Waals surface area (Å²) in [6.07, 6.45) is -11.7. The third kappa shape index (κ3) is 9.43. The lowest BCUT2D eigenvalue weighted by Crippen LogP contribution is -2.42. The Bertz CT molecular complexity index is 1500. The first kappa shape index (κ1) is 37.3. The average molecular weight is 697 g/mol. The highest BCUT2D eigenvalue weighted by atomic mass is 35.5. The minimum Gasteiger partial charge on any atom is -0.496 e. The van der Waals surface area contributed by atoms with Crippen molar-refractivity contribution in [1.29, 1.82) is 0 Å². The van der Waals surface area contributed by atoms with Crippen molar-refractivity contribution >= 4 is 29.2 Å². The van der Waals surface area contributed by atoms with E-state index in [9.17, 15) is 36.2 Å². The number of aliphatic hydroxyl groups is 1. The molecule has 2 N–H and O–H groups in total. The number of rotatable bonds is 13. The first-order chi connectivity index (χ1) is 21.3. The van der Waals surface area contributed by atoms with E-state index in [-0.39, 0.29) is 48.9 Å². The molecule has 2 unspecified atom stereocenters. The van der Waals surface area contributed by atoms with Gasteiger partial charge < -0.3 is 19.7 Å². The molecule has 0 saturated heterocycles. The van der Waals surface area contributed by atoms with Crippen LogP contribution in [0.3, 0.4) is 0 Å². The van der Waals surface area contributed by atoms with Crippen LogP contribution in [0.4, 0.5) is 26.3 Å². The zero-order valence-corrected chi connectivity index (χ0v) is 26.8. The molecule has 0 aliphatic rings. The molecule has 0 amide bonds. The van der Waals surface area contributed by atoms with Crippen LogP contribution in [0.5, 0.6) is 11.5 Å². The highest BCUT2D eigenvalue weighted by molar-refractivity contribution is 6.32. The molecule has 3 aromatic rings. The molecule has 0 spiro atoms. The second-order valence-electron chi connectivity index (χ2n) is 10.9. The molecule has 6 nitrogen and oxygen atoms in total. The van der Waals surface area contributed by atoms with Crippen LogP contribution in [0, 0.1) is 0 Å². The van der Waals surface area contributed by atoms with Gasteiger partial charge >= 0.3 is 18.3 Å². The van der Waals surface area contributed by atoms with Gasteiger partial charge in [-0.2, -0.15) is 26.3 Å². The highest BCUT2D eigenvalue weighted by Gasteiger charge is 2.38. The van der Waals surface area contributed by atoms with Crippen molar-refractivity contribution in [1.82, 2.24) is 4.90 Å². The van der Waals surface area contributed by atoms with E-state index in [2.05, 4.69) is 0 Å². The number of methoxy groups -OCH3 is 1. The molecule has 0 aromatic heterocycles. The van der Waals surface area contributed by atoms with Gasteiger partial charge in [-0.05, 0) is 80.3 Å². The maximum Gasteiger partial charge on any atom is 0.416 e. The predicted molar refractivity (Wildman–Crippen MR) is 162 cm³/mol. The third-order valence-electron chi connectivity index (χ3n) is 7.35. The highest BCUT2D eigenvalue weighted by Crippen LogP contribution is 2.42. The van der Waals surface area contributed by atoms with E-state index in [1.807, 2.05) is 0 Å². The molecule has 0 saturated carbocycles. The van der Waals surface area contributed by atoms with E-state index in [1.165, 1.54) is 20.1 Å². The number of benzene rings is 3. The number of halogens is 8. The van der Waals surface area contributed by atoms with Gasteiger partial charge in [0.25, 0.3) is 0 Å². The molecule has 0 heterocycles. The number of aliphatic hydroxyl groups excluding tert-OH is 1. The SMILES string of the molecule is COc1cc(Cl)c(OCCCC(=O)O)cc1-c1ccc(Cl)cc1CN(C(C)C)C(C)C(O)c1cc(C(F)(F)F)cc(C(F)(F)F)c1. The Balaban J connectivity index is 2.04. The van der Waals surface area contributed by atoms with Gasteiger partial charge in [0.1, 0.15) is 11.5 Å². The standard InChI is InChI=1S/C32H33Cl2F6NO5/c1-17(2)41(18(3)30(44)19-10-21(31(35,36)37)13-22(11-19)32(38,39)40)16-20-12-23(33)7-8-24(20)25-14-28(26(34)15-27(25)45-4)46-9-5-6-29(42)43/h7-8,10-15,17-18,30,44H,5-6,9,16H2,1-4H3,(H,42,43). The first-order valence-electron chi connectivity index (χ1n) is 14.1. The normalized spacial score (nSPS) is 13.6. The van der Waals surface area contributed by atoms with E-state index in [1.54, 1.807) is 43.0 Å². The minimum atomic E-state index is -5.07. The fourth-order valence-electron chi connectivity index (χ4n) is 4.99. The lowest BCUT2D eigenvalue weighted by atomic mass is 9.94. The van der Waals surface area contributed by atoms with E-state index >= 15 is 0 Å². The van der Waals surface area contributed by atoms with E-state index in [0.29, 0.717) is 39.6 Å². The molecule has 252 valence electrons. The minimum absolute atomic E-state index is 0.0168. The third-order valence-corrected chi connectivity index (χ3v) is 7.88. The molecule has 14 heteroatoms. The lowest BCUT2D eigenvalue weighted by Gasteiger charge is -2.36. The van der Waals surface area contributed by atoms with Gasteiger partial charge in [-0.25, -0.2) is 0 Å². The van der Waals surface area contributed by atoms with Crippen molar-refractivity contribution in [3.8, 4) is 22.6 Å². The lowest BCUT2D eigenvalue weighted by molar-refractivity contribution is -0.143. The van der Waals surface area contributed by atoms with Crippen molar-refractivity contribution in [3.05, 3.63) is 80.8 Å². The summed E-state index contributed by atoms with van der Waals surface area (Å²) in [6, 6.07) is 7.89. The Morgan fingerprint density at radius 2 is 1.50 bits per heavy atom. The van der Waals surface area contributed by atoms with Crippen LogP contribution in [0.2, 0.25) is 10.0 Å². The number of carboxylic acids is 1. The van der Waals surface area contributed by atoms with Gasteiger partial charge in [-0.15, -0.1) is 0 Å². The Morgan fingerprint density at radius 1 is 0.891 bits per heavy atom. The molecule has 0 aliphatic carbocycles. The van der Waals surface area contributed by atoms with Gasteiger partial charge in [-0.3, -0.25) is 9.69 Å². The average Bonchev–Trinajstić information content (AvgIpc) is 2.96. The fourth-order valence-corrected chi connectivity index (χ4v) is 5.39. The largest absolute Gasteiger partial charge is 0.496 e. The van der Waals surface area contributed by atoms with Crippen LogP contribution in [-0.2, 0) is 23.7 Å². The monoisotopic (exact) mass is 695 g/mol. The molecule has 3 aromatic carbocycles. The maximum atomic E-state index is 13.5. The quantitative estimate of drug-likeness (QED) is 0.137. The van der Waals surface area contributed by atoms with Gasteiger partial charge in [-0.1, -0.05) is 29.3 Å². The van der Waals surface area contributed by atoms with Crippen molar-refractivity contribution in [2.45, 2.75) is 70.7 Å². The summed E-state index contributed by atoms with van der Waals surface area (Å²) < 4.78 is 92.5. The second-order valence-corrected chi connectivity index (χ2v) is 11.8. The van der Waals surface area contributed by atoms with Crippen LogP contribution >= 0.6 is 23.2 Å². The smallest absolute Gasteiger partial charge is 0.416 e. The Morgan fingerprint density at radius 3 is 2.02 bits per heavy atom. The summed E-state index contributed by atoms with van der Waals surface area (Å²) in [5.74, 6) is -0.351. The summed E-state index contributed by atoms with van der Waals surface area (Å²) in [5.41, 5.74) is -1.86. The maximum absolute atomic E-state index is 13.5. The number of nitrogens with zero attached hydrogens (tertiary/aromatic N) is 1. The summed E-state index contributed by atoms with van der Waals surface area (Å²) in [4.78, 5) is 12.6. The summed E-state index contributed by atoms with van der Waals surface area (Å²) in [5, 5.41) is 20.7. The Labute approximate surface area is 272 Å². The molecule has 3 rings (SSSR count).